The van der Waals surface area contributed by atoms with Gasteiger partial charge in [-0.2, -0.15) is 0 Å². The first kappa shape index (κ1) is 12.2. The Morgan fingerprint density at radius 1 is 1.12 bits per heavy atom. The standard InChI is InChI=1S/C11H10Cl2N4/c1-3-7-9(12)16-11(17-10(7)13)8-4-5-14-6(2)15-8/h4-5H,3H2,1-2H3. The molecule has 6 heteroatoms. The van der Waals surface area contributed by atoms with Crippen LogP contribution in [0.2, 0.25) is 10.3 Å². The number of aromatic nitrogens is 4. The fourth-order valence-corrected chi connectivity index (χ4v) is 2.07. The molecule has 2 aromatic heterocycles. The lowest BCUT2D eigenvalue weighted by Crippen LogP contribution is -1.99. The first-order valence-electron chi connectivity index (χ1n) is 5.13. The van der Waals surface area contributed by atoms with Crippen molar-refractivity contribution in [2.24, 2.45) is 0 Å². The van der Waals surface area contributed by atoms with Crippen molar-refractivity contribution in [2.45, 2.75) is 20.3 Å². The zero-order valence-electron chi connectivity index (χ0n) is 9.41. The molecule has 0 aliphatic heterocycles. The first-order valence-corrected chi connectivity index (χ1v) is 5.89. The fraction of sp³-hybridized carbons (Fsp3) is 0.273. The molecular weight excluding hydrogens is 259 g/mol. The number of hydrogen-bond donors (Lipinski definition) is 0. The van der Waals surface area contributed by atoms with Crippen LogP contribution in [0.15, 0.2) is 12.3 Å². The van der Waals surface area contributed by atoms with E-state index < -0.39 is 0 Å². The van der Waals surface area contributed by atoms with Gasteiger partial charge in [0.15, 0.2) is 5.82 Å². The van der Waals surface area contributed by atoms with Gasteiger partial charge in [0.05, 0.1) is 0 Å². The number of nitrogens with zero attached hydrogens (tertiary/aromatic N) is 4. The van der Waals surface area contributed by atoms with Gasteiger partial charge in [0.1, 0.15) is 21.8 Å². The van der Waals surface area contributed by atoms with Gasteiger partial charge in [-0.15, -0.1) is 0 Å². The van der Waals surface area contributed by atoms with Gasteiger partial charge in [0.25, 0.3) is 0 Å². The minimum Gasteiger partial charge on any atom is -0.242 e. The first-order chi connectivity index (χ1) is 8.11. The van der Waals surface area contributed by atoms with Crippen LogP contribution in [0.25, 0.3) is 11.5 Å². The van der Waals surface area contributed by atoms with Gasteiger partial charge in [-0.3, -0.25) is 0 Å². The maximum atomic E-state index is 6.05. The second-order valence-corrected chi connectivity index (χ2v) is 4.17. The highest BCUT2D eigenvalue weighted by Gasteiger charge is 2.12. The summed E-state index contributed by atoms with van der Waals surface area (Å²) in [4.78, 5) is 16.6. The topological polar surface area (TPSA) is 51.6 Å². The van der Waals surface area contributed by atoms with E-state index in [1.54, 1.807) is 19.2 Å². The molecule has 0 fully saturated rings. The molecule has 2 aromatic rings. The molecule has 0 radical (unpaired) electrons. The van der Waals surface area contributed by atoms with Crippen LogP contribution in [0, 0.1) is 6.92 Å². The minimum absolute atomic E-state index is 0.374. The third-order valence-electron chi connectivity index (χ3n) is 2.26. The van der Waals surface area contributed by atoms with Gasteiger partial charge in [0.2, 0.25) is 0 Å². The molecule has 17 heavy (non-hydrogen) atoms. The molecule has 0 amide bonds. The molecule has 2 heterocycles. The number of aryl methyl sites for hydroxylation is 1. The third-order valence-corrected chi connectivity index (χ3v) is 2.89. The minimum atomic E-state index is 0.374. The summed E-state index contributed by atoms with van der Waals surface area (Å²) >= 11 is 12.1. The lowest BCUT2D eigenvalue weighted by atomic mass is 10.2. The molecule has 0 bridgehead atoms. The van der Waals surface area contributed by atoms with Crippen molar-refractivity contribution >= 4 is 23.2 Å². The Kier molecular flexibility index (Phi) is 3.54. The Labute approximate surface area is 109 Å². The predicted octanol–water partition coefficient (Wildman–Crippen LogP) is 3.11. The van der Waals surface area contributed by atoms with Crippen LogP contribution in [0.5, 0.6) is 0 Å². The monoisotopic (exact) mass is 268 g/mol. The van der Waals surface area contributed by atoms with Crippen LogP contribution in [0.1, 0.15) is 18.3 Å². The highest BCUT2D eigenvalue weighted by atomic mass is 35.5. The van der Waals surface area contributed by atoms with Crippen molar-refractivity contribution in [3.8, 4) is 11.5 Å². The summed E-state index contributed by atoms with van der Waals surface area (Å²) < 4.78 is 0. The predicted molar refractivity (Wildman–Crippen MR) is 67.2 cm³/mol. The van der Waals surface area contributed by atoms with Crippen LogP contribution in [0.4, 0.5) is 0 Å². The SMILES string of the molecule is CCc1c(Cl)nc(-c2ccnc(C)n2)nc1Cl. The van der Waals surface area contributed by atoms with E-state index in [1.165, 1.54) is 0 Å². The molecule has 88 valence electrons. The molecule has 0 unspecified atom stereocenters. The average molecular weight is 269 g/mol. The molecular formula is C11H10Cl2N4. The Balaban J connectivity index is 2.54. The van der Waals surface area contributed by atoms with Gasteiger partial charge in [0, 0.05) is 11.8 Å². The summed E-state index contributed by atoms with van der Waals surface area (Å²) in [6.45, 7) is 3.75. The Hall–Kier alpha value is -1.26. The number of hydrogen-bond acceptors (Lipinski definition) is 4. The lowest BCUT2D eigenvalue weighted by Gasteiger charge is -2.06. The lowest BCUT2D eigenvalue weighted by molar-refractivity contribution is 1.01. The van der Waals surface area contributed by atoms with Crippen LogP contribution in [0.3, 0.4) is 0 Å². The summed E-state index contributed by atoms with van der Waals surface area (Å²) in [7, 11) is 0. The van der Waals surface area contributed by atoms with Crippen molar-refractivity contribution in [1.82, 2.24) is 19.9 Å². The smallest absolute Gasteiger partial charge is 0.181 e. The quantitative estimate of drug-likeness (QED) is 0.786. The Morgan fingerprint density at radius 2 is 1.76 bits per heavy atom. The van der Waals surface area contributed by atoms with E-state index in [4.69, 9.17) is 23.2 Å². The highest BCUT2D eigenvalue weighted by molar-refractivity contribution is 6.34. The summed E-state index contributed by atoms with van der Waals surface area (Å²) in [6.07, 6.45) is 2.34. The van der Waals surface area contributed by atoms with Gasteiger partial charge in [-0.25, -0.2) is 19.9 Å². The summed E-state index contributed by atoms with van der Waals surface area (Å²) in [5.41, 5.74) is 1.37. The number of rotatable bonds is 2. The summed E-state index contributed by atoms with van der Waals surface area (Å²) in [5, 5.41) is 0.748. The van der Waals surface area contributed by atoms with Crippen molar-refractivity contribution in [3.63, 3.8) is 0 Å². The molecule has 2 rings (SSSR count). The van der Waals surface area contributed by atoms with Crippen LogP contribution in [-0.2, 0) is 6.42 Å². The molecule has 0 N–H and O–H groups in total. The molecule has 4 nitrogen and oxygen atoms in total. The highest BCUT2D eigenvalue weighted by Crippen LogP contribution is 2.24. The molecule has 0 atom stereocenters. The Morgan fingerprint density at radius 3 is 2.29 bits per heavy atom. The largest absolute Gasteiger partial charge is 0.242 e. The molecule has 0 aliphatic carbocycles. The van der Waals surface area contributed by atoms with E-state index in [2.05, 4.69) is 19.9 Å². The van der Waals surface area contributed by atoms with Crippen LogP contribution in [-0.4, -0.2) is 19.9 Å². The van der Waals surface area contributed by atoms with E-state index in [9.17, 15) is 0 Å². The van der Waals surface area contributed by atoms with Crippen LogP contribution < -0.4 is 0 Å². The summed E-state index contributed by atoms with van der Waals surface area (Å²) in [5.74, 6) is 1.07. The molecule has 0 spiro atoms. The molecule has 0 saturated heterocycles. The molecule has 0 saturated carbocycles. The zero-order chi connectivity index (χ0) is 12.4. The third kappa shape index (κ3) is 2.53. The summed E-state index contributed by atoms with van der Waals surface area (Å²) in [6, 6.07) is 1.72. The van der Waals surface area contributed by atoms with Crippen LogP contribution >= 0.6 is 23.2 Å². The van der Waals surface area contributed by atoms with Crippen molar-refractivity contribution in [2.75, 3.05) is 0 Å². The van der Waals surface area contributed by atoms with Gasteiger partial charge in [-0.05, 0) is 19.4 Å². The average Bonchev–Trinajstić information content (AvgIpc) is 2.28. The van der Waals surface area contributed by atoms with Gasteiger partial charge < -0.3 is 0 Å². The van der Waals surface area contributed by atoms with E-state index >= 15 is 0 Å². The fourth-order valence-electron chi connectivity index (χ4n) is 1.42. The molecule has 0 aromatic carbocycles. The van der Waals surface area contributed by atoms with E-state index in [1.807, 2.05) is 6.92 Å². The van der Waals surface area contributed by atoms with E-state index in [-0.39, 0.29) is 0 Å². The van der Waals surface area contributed by atoms with E-state index in [0.29, 0.717) is 34.1 Å². The second-order valence-electron chi connectivity index (χ2n) is 3.45. The van der Waals surface area contributed by atoms with Crippen molar-refractivity contribution in [1.29, 1.82) is 0 Å². The second kappa shape index (κ2) is 4.94. The normalized spacial score (nSPS) is 10.6. The van der Waals surface area contributed by atoms with E-state index in [0.717, 1.165) is 5.56 Å². The van der Waals surface area contributed by atoms with Gasteiger partial charge >= 0.3 is 0 Å². The number of halogens is 2. The molecule has 0 aliphatic rings. The maximum Gasteiger partial charge on any atom is 0.181 e. The van der Waals surface area contributed by atoms with Crippen molar-refractivity contribution < 1.29 is 0 Å². The van der Waals surface area contributed by atoms with Crippen molar-refractivity contribution in [3.05, 3.63) is 34.0 Å². The Bertz CT molecular complexity index is 534. The maximum absolute atomic E-state index is 6.05. The zero-order valence-corrected chi connectivity index (χ0v) is 10.9. The van der Waals surface area contributed by atoms with Gasteiger partial charge in [-0.1, -0.05) is 30.1 Å².